The maximum absolute atomic E-state index is 13.1. The number of primary amides is 1. The van der Waals surface area contributed by atoms with Gasteiger partial charge >= 0.3 is 6.18 Å². The van der Waals surface area contributed by atoms with Crippen molar-refractivity contribution >= 4 is 17.5 Å². The summed E-state index contributed by atoms with van der Waals surface area (Å²) in [6.07, 6.45) is -3.42. The minimum atomic E-state index is -4.49. The molecule has 2 aromatic rings. The predicted molar refractivity (Wildman–Crippen MR) is 103 cm³/mol. The van der Waals surface area contributed by atoms with Crippen LogP contribution in [-0.2, 0) is 15.8 Å². The number of anilines is 1. The van der Waals surface area contributed by atoms with E-state index < -0.39 is 23.7 Å². The molecule has 1 aliphatic heterocycles. The zero-order valence-corrected chi connectivity index (χ0v) is 15.7. The van der Waals surface area contributed by atoms with Crippen molar-refractivity contribution in [3.63, 3.8) is 0 Å². The van der Waals surface area contributed by atoms with Gasteiger partial charge in [0, 0.05) is 11.6 Å². The summed E-state index contributed by atoms with van der Waals surface area (Å²) < 4.78 is 38.9. The van der Waals surface area contributed by atoms with E-state index in [1.807, 2.05) is 11.0 Å². The fraction of sp³-hybridized carbons (Fsp3) is 0.333. The van der Waals surface area contributed by atoms with Crippen molar-refractivity contribution < 1.29 is 22.8 Å². The molecule has 0 bridgehead atoms. The number of nitrogens with one attached hydrogen (secondary N) is 1. The molecule has 1 saturated heterocycles. The van der Waals surface area contributed by atoms with Crippen molar-refractivity contribution in [2.24, 2.45) is 11.7 Å². The molecule has 0 radical (unpaired) electrons. The lowest BCUT2D eigenvalue weighted by Gasteiger charge is -2.36. The molecular formula is C21H22F3N3O2. The number of piperidine rings is 1. The summed E-state index contributed by atoms with van der Waals surface area (Å²) in [4.78, 5) is 26.4. The number of rotatable bonds is 5. The highest BCUT2D eigenvalue weighted by atomic mass is 19.4. The molecule has 2 amide bonds. The maximum atomic E-state index is 13.1. The zero-order valence-electron chi connectivity index (χ0n) is 15.7. The van der Waals surface area contributed by atoms with Crippen LogP contribution >= 0.6 is 0 Å². The number of halogens is 3. The normalized spacial score (nSPS) is 16.9. The molecule has 2 aromatic carbocycles. The Morgan fingerprint density at radius 3 is 2.28 bits per heavy atom. The maximum Gasteiger partial charge on any atom is 0.416 e. The first-order valence-electron chi connectivity index (χ1n) is 9.32. The van der Waals surface area contributed by atoms with E-state index >= 15 is 0 Å². The summed E-state index contributed by atoms with van der Waals surface area (Å²) in [5.74, 6) is -1.00. The van der Waals surface area contributed by atoms with Crippen LogP contribution in [0, 0.1) is 5.92 Å². The molecule has 3 rings (SSSR count). The minimum absolute atomic E-state index is 0.0813. The molecule has 0 aliphatic carbocycles. The van der Waals surface area contributed by atoms with Gasteiger partial charge in [-0.2, -0.15) is 13.2 Å². The second-order valence-electron chi connectivity index (χ2n) is 7.09. The summed E-state index contributed by atoms with van der Waals surface area (Å²) >= 11 is 0. The van der Waals surface area contributed by atoms with Crippen LogP contribution in [0.1, 0.15) is 30.0 Å². The van der Waals surface area contributed by atoms with E-state index in [1.54, 1.807) is 24.3 Å². The van der Waals surface area contributed by atoms with Gasteiger partial charge in [-0.25, -0.2) is 0 Å². The Morgan fingerprint density at radius 1 is 1.03 bits per heavy atom. The Hall–Kier alpha value is -2.87. The lowest BCUT2D eigenvalue weighted by atomic mass is 9.93. The minimum Gasteiger partial charge on any atom is -0.369 e. The van der Waals surface area contributed by atoms with Gasteiger partial charge in [0.05, 0.1) is 5.56 Å². The van der Waals surface area contributed by atoms with E-state index in [4.69, 9.17) is 5.73 Å². The molecule has 0 spiro atoms. The largest absolute Gasteiger partial charge is 0.416 e. The zero-order chi connectivity index (χ0) is 21.0. The number of carbonyl (C=O) groups is 2. The van der Waals surface area contributed by atoms with Gasteiger partial charge < -0.3 is 11.1 Å². The number of nitrogens with two attached hydrogens (primary N) is 1. The van der Waals surface area contributed by atoms with Crippen molar-refractivity contribution in [3.8, 4) is 0 Å². The van der Waals surface area contributed by atoms with E-state index in [2.05, 4.69) is 5.32 Å². The Bertz CT molecular complexity index is 863. The summed E-state index contributed by atoms with van der Waals surface area (Å²) in [5, 5.41) is 2.61. The van der Waals surface area contributed by atoms with Crippen molar-refractivity contribution in [2.75, 3.05) is 18.4 Å². The van der Waals surface area contributed by atoms with Gasteiger partial charge in [-0.05, 0) is 49.7 Å². The first kappa shape index (κ1) is 20.9. The lowest BCUT2D eigenvalue weighted by molar-refractivity contribution is -0.137. The molecular weight excluding hydrogens is 383 g/mol. The third-order valence-corrected chi connectivity index (χ3v) is 5.12. The fourth-order valence-electron chi connectivity index (χ4n) is 3.59. The molecule has 0 saturated carbocycles. The van der Waals surface area contributed by atoms with Crippen LogP contribution in [0.5, 0.6) is 0 Å². The number of carbonyl (C=O) groups excluding carboxylic acids is 2. The molecule has 5 nitrogen and oxygen atoms in total. The number of hydrogen-bond acceptors (Lipinski definition) is 3. The van der Waals surface area contributed by atoms with Crippen molar-refractivity contribution in [1.29, 1.82) is 0 Å². The molecule has 1 aliphatic rings. The smallest absolute Gasteiger partial charge is 0.369 e. The summed E-state index contributed by atoms with van der Waals surface area (Å²) in [5.41, 5.74) is 5.37. The first-order valence-corrected chi connectivity index (χ1v) is 9.32. The van der Waals surface area contributed by atoms with Gasteiger partial charge in [-0.15, -0.1) is 0 Å². The number of amides is 2. The summed E-state index contributed by atoms with van der Waals surface area (Å²) in [7, 11) is 0. The van der Waals surface area contributed by atoms with Crippen molar-refractivity contribution in [1.82, 2.24) is 4.90 Å². The van der Waals surface area contributed by atoms with Gasteiger partial charge in [0.25, 0.3) is 0 Å². The molecule has 1 atom stereocenters. The Morgan fingerprint density at radius 2 is 1.69 bits per heavy atom. The molecule has 0 aromatic heterocycles. The van der Waals surface area contributed by atoms with Gasteiger partial charge in [0.15, 0.2) is 0 Å². The highest BCUT2D eigenvalue weighted by molar-refractivity contribution is 5.95. The van der Waals surface area contributed by atoms with Gasteiger partial charge in [0.1, 0.15) is 6.04 Å². The van der Waals surface area contributed by atoms with E-state index in [0.29, 0.717) is 25.9 Å². The average molecular weight is 405 g/mol. The molecule has 29 heavy (non-hydrogen) atoms. The average Bonchev–Trinajstić information content (AvgIpc) is 2.69. The third kappa shape index (κ3) is 5.14. The van der Waals surface area contributed by atoms with Crippen LogP contribution < -0.4 is 11.1 Å². The van der Waals surface area contributed by atoms with Crippen molar-refractivity contribution in [2.45, 2.75) is 25.1 Å². The van der Waals surface area contributed by atoms with Crippen LogP contribution in [0.15, 0.2) is 54.6 Å². The predicted octanol–water partition coefficient (Wildman–Crippen LogP) is 3.58. The highest BCUT2D eigenvalue weighted by Crippen LogP contribution is 2.32. The number of hydrogen-bond donors (Lipinski definition) is 2. The molecule has 154 valence electrons. The number of nitrogens with zero attached hydrogens (tertiary/aromatic N) is 1. The Kier molecular flexibility index (Phi) is 6.22. The Labute approximate surface area is 166 Å². The van der Waals surface area contributed by atoms with Crippen LogP contribution in [0.3, 0.4) is 0 Å². The number of likely N-dealkylation sites (tertiary alicyclic amines) is 1. The van der Waals surface area contributed by atoms with E-state index in [1.165, 1.54) is 12.1 Å². The topological polar surface area (TPSA) is 75.4 Å². The number of benzene rings is 2. The summed E-state index contributed by atoms with van der Waals surface area (Å²) in [6.45, 7) is 0.979. The SMILES string of the molecule is NC(=O)C1CCN([C@H](C(=O)Nc2cccc(C(F)(F)F)c2)c2ccccc2)CC1. The Balaban J connectivity index is 1.82. The standard InChI is InChI=1S/C21H22F3N3O2/c22-21(23,24)16-7-4-8-17(13-16)26-20(29)18(14-5-2-1-3-6-14)27-11-9-15(10-12-27)19(25)28/h1-8,13,15,18H,9-12H2,(H2,25,28)(H,26,29)/t18-/m0/s1. The second-order valence-corrected chi connectivity index (χ2v) is 7.09. The van der Waals surface area contributed by atoms with E-state index in [-0.39, 0.29) is 17.5 Å². The molecule has 8 heteroatoms. The lowest BCUT2D eigenvalue weighted by Crippen LogP contribution is -2.44. The van der Waals surface area contributed by atoms with Crippen LogP contribution in [0.25, 0.3) is 0 Å². The first-order chi connectivity index (χ1) is 13.8. The highest BCUT2D eigenvalue weighted by Gasteiger charge is 2.33. The molecule has 1 heterocycles. The molecule has 0 unspecified atom stereocenters. The molecule has 1 fully saturated rings. The van der Waals surface area contributed by atoms with E-state index in [9.17, 15) is 22.8 Å². The summed E-state index contributed by atoms with van der Waals surface area (Å²) in [6, 6.07) is 12.9. The fourth-order valence-corrected chi connectivity index (χ4v) is 3.59. The number of alkyl halides is 3. The second kappa shape index (κ2) is 8.65. The quantitative estimate of drug-likeness (QED) is 0.798. The third-order valence-electron chi connectivity index (χ3n) is 5.12. The van der Waals surface area contributed by atoms with Crippen molar-refractivity contribution in [3.05, 3.63) is 65.7 Å². The van der Waals surface area contributed by atoms with Crippen LogP contribution in [0.2, 0.25) is 0 Å². The van der Waals surface area contributed by atoms with Crippen LogP contribution in [0.4, 0.5) is 18.9 Å². The monoisotopic (exact) mass is 405 g/mol. The molecule has 3 N–H and O–H groups in total. The van der Waals surface area contributed by atoms with Gasteiger partial charge in [-0.3, -0.25) is 14.5 Å². The van der Waals surface area contributed by atoms with Gasteiger partial charge in [-0.1, -0.05) is 36.4 Å². The van der Waals surface area contributed by atoms with Crippen LogP contribution in [-0.4, -0.2) is 29.8 Å². The van der Waals surface area contributed by atoms with Gasteiger partial charge in [0.2, 0.25) is 11.8 Å². The van der Waals surface area contributed by atoms with E-state index in [0.717, 1.165) is 17.7 Å².